The summed E-state index contributed by atoms with van der Waals surface area (Å²) in [6, 6.07) is 0. The van der Waals surface area contributed by atoms with Crippen molar-refractivity contribution in [2.75, 3.05) is 6.61 Å². The number of rotatable bonds is 5. The van der Waals surface area contributed by atoms with Crippen molar-refractivity contribution < 1.29 is 14.3 Å². The maximum Gasteiger partial charge on any atom is 0.371 e. The predicted octanol–water partition coefficient (Wildman–Crippen LogP) is 0.919. The molecule has 3 heteroatoms. The van der Waals surface area contributed by atoms with Gasteiger partial charge < -0.3 is 4.74 Å². The highest BCUT2D eigenvalue weighted by Gasteiger charge is 1.96. The molecule has 0 aliphatic rings. The van der Waals surface area contributed by atoms with E-state index in [-0.39, 0.29) is 6.29 Å². The second-order valence-electron chi connectivity index (χ2n) is 1.99. The molecule has 0 radical (unpaired) electrons. The maximum atomic E-state index is 10.2. The molecule has 0 amide bonds. The van der Waals surface area contributed by atoms with Crippen LogP contribution in [-0.4, -0.2) is 18.9 Å². The van der Waals surface area contributed by atoms with Gasteiger partial charge in [0.2, 0.25) is 6.29 Å². The molecule has 0 aliphatic carbocycles. The second kappa shape index (κ2) is 6.26. The van der Waals surface area contributed by atoms with Gasteiger partial charge in [0, 0.05) is 0 Å². The van der Waals surface area contributed by atoms with E-state index in [1.54, 1.807) is 0 Å². The van der Waals surface area contributed by atoms with E-state index in [0.717, 1.165) is 19.3 Å². The van der Waals surface area contributed by atoms with Gasteiger partial charge >= 0.3 is 5.97 Å². The fourth-order valence-electron chi connectivity index (χ4n) is 0.559. The summed E-state index contributed by atoms with van der Waals surface area (Å²) in [5.74, 6) is -0.767. The predicted molar refractivity (Wildman–Crippen MR) is 36.5 cm³/mol. The van der Waals surface area contributed by atoms with Crippen LogP contribution < -0.4 is 0 Å². The summed E-state index contributed by atoms with van der Waals surface area (Å²) in [6.07, 6.45) is 3.15. The van der Waals surface area contributed by atoms with Crippen LogP contribution in [0.5, 0.6) is 0 Å². The standard InChI is InChI=1S/C7H12O3/c1-2-3-4-5-10-7(9)6-8/h6H,2-5H2,1H3. The van der Waals surface area contributed by atoms with E-state index in [9.17, 15) is 9.59 Å². The third kappa shape index (κ3) is 5.28. The number of carbonyl (C=O) groups excluding carboxylic acids is 2. The number of hydrogen-bond acceptors (Lipinski definition) is 3. The summed E-state index contributed by atoms with van der Waals surface area (Å²) in [5, 5.41) is 0. The van der Waals surface area contributed by atoms with Crippen LogP contribution in [0.3, 0.4) is 0 Å². The molecule has 0 unspecified atom stereocenters. The molecule has 0 saturated heterocycles. The van der Waals surface area contributed by atoms with Gasteiger partial charge in [-0.1, -0.05) is 19.8 Å². The molecule has 0 rings (SSSR count). The van der Waals surface area contributed by atoms with Gasteiger partial charge in [-0.05, 0) is 6.42 Å². The molecule has 0 N–H and O–H groups in total. The molecule has 0 bridgehead atoms. The Bertz CT molecular complexity index is 109. The first kappa shape index (κ1) is 9.14. The lowest BCUT2D eigenvalue weighted by Crippen LogP contribution is -2.06. The van der Waals surface area contributed by atoms with Crippen molar-refractivity contribution in [2.24, 2.45) is 0 Å². The number of hydrogen-bond donors (Lipinski definition) is 0. The minimum Gasteiger partial charge on any atom is -0.460 e. The Hall–Kier alpha value is -0.860. The van der Waals surface area contributed by atoms with E-state index in [4.69, 9.17) is 0 Å². The number of ether oxygens (including phenoxy) is 1. The molecule has 0 atom stereocenters. The van der Waals surface area contributed by atoms with Crippen LogP contribution in [0.15, 0.2) is 0 Å². The first-order valence-electron chi connectivity index (χ1n) is 3.43. The number of carbonyl (C=O) groups is 2. The second-order valence-corrected chi connectivity index (χ2v) is 1.99. The van der Waals surface area contributed by atoms with Gasteiger partial charge in [-0.15, -0.1) is 0 Å². The molecule has 10 heavy (non-hydrogen) atoms. The molecule has 0 saturated carbocycles. The Labute approximate surface area is 60.4 Å². The molecular formula is C7H12O3. The van der Waals surface area contributed by atoms with Gasteiger partial charge in [0.15, 0.2) is 0 Å². The summed E-state index contributed by atoms with van der Waals surface area (Å²) in [4.78, 5) is 19.9. The van der Waals surface area contributed by atoms with Crippen LogP contribution in [-0.2, 0) is 14.3 Å². The fourth-order valence-corrected chi connectivity index (χ4v) is 0.559. The molecule has 0 aromatic carbocycles. The Balaban J connectivity index is 3.03. The van der Waals surface area contributed by atoms with Crippen molar-refractivity contribution in [2.45, 2.75) is 26.2 Å². The lowest BCUT2D eigenvalue weighted by Gasteiger charge is -1.97. The summed E-state index contributed by atoms with van der Waals surface area (Å²) in [5.41, 5.74) is 0. The number of unbranched alkanes of at least 4 members (excludes halogenated alkanes) is 2. The number of aldehydes is 1. The molecule has 0 aliphatic heterocycles. The van der Waals surface area contributed by atoms with Gasteiger partial charge in [-0.25, -0.2) is 4.79 Å². The van der Waals surface area contributed by atoms with Crippen LogP contribution in [0.25, 0.3) is 0 Å². The van der Waals surface area contributed by atoms with Gasteiger partial charge in [0.1, 0.15) is 0 Å². The molecule has 0 aromatic heterocycles. The largest absolute Gasteiger partial charge is 0.460 e. The highest BCUT2D eigenvalue weighted by Crippen LogP contribution is 1.93. The van der Waals surface area contributed by atoms with E-state index < -0.39 is 5.97 Å². The van der Waals surface area contributed by atoms with E-state index in [0.29, 0.717) is 6.61 Å². The van der Waals surface area contributed by atoms with Gasteiger partial charge in [0.25, 0.3) is 0 Å². The normalized spacial score (nSPS) is 8.90. The van der Waals surface area contributed by atoms with Crippen molar-refractivity contribution in [1.82, 2.24) is 0 Å². The monoisotopic (exact) mass is 144 g/mol. The fraction of sp³-hybridized carbons (Fsp3) is 0.714. The van der Waals surface area contributed by atoms with Crippen molar-refractivity contribution in [3.8, 4) is 0 Å². The van der Waals surface area contributed by atoms with E-state index in [1.165, 1.54) is 0 Å². The quantitative estimate of drug-likeness (QED) is 0.249. The van der Waals surface area contributed by atoms with Crippen molar-refractivity contribution in [1.29, 1.82) is 0 Å². The molecule has 0 aromatic rings. The topological polar surface area (TPSA) is 43.4 Å². The van der Waals surface area contributed by atoms with E-state index in [2.05, 4.69) is 11.7 Å². The zero-order valence-electron chi connectivity index (χ0n) is 6.13. The van der Waals surface area contributed by atoms with Crippen molar-refractivity contribution >= 4 is 12.3 Å². The highest BCUT2D eigenvalue weighted by atomic mass is 16.5. The third-order valence-corrected chi connectivity index (χ3v) is 1.09. The Morgan fingerprint density at radius 1 is 1.50 bits per heavy atom. The van der Waals surface area contributed by atoms with Gasteiger partial charge in [-0.2, -0.15) is 0 Å². The lowest BCUT2D eigenvalue weighted by molar-refractivity contribution is -0.148. The molecular weight excluding hydrogens is 132 g/mol. The van der Waals surface area contributed by atoms with E-state index >= 15 is 0 Å². The average molecular weight is 144 g/mol. The van der Waals surface area contributed by atoms with Crippen LogP contribution in [0.1, 0.15) is 26.2 Å². The molecule has 0 spiro atoms. The maximum absolute atomic E-state index is 10.2. The van der Waals surface area contributed by atoms with Crippen LogP contribution in [0, 0.1) is 0 Å². The minimum atomic E-state index is -0.767. The number of esters is 1. The first-order chi connectivity index (χ1) is 4.81. The van der Waals surface area contributed by atoms with E-state index in [1.807, 2.05) is 0 Å². The Morgan fingerprint density at radius 2 is 2.20 bits per heavy atom. The van der Waals surface area contributed by atoms with Crippen LogP contribution in [0.2, 0.25) is 0 Å². The average Bonchev–Trinajstić information content (AvgIpc) is 1.98. The molecule has 3 nitrogen and oxygen atoms in total. The molecule has 0 heterocycles. The van der Waals surface area contributed by atoms with Gasteiger partial charge in [0.05, 0.1) is 6.61 Å². The zero-order valence-corrected chi connectivity index (χ0v) is 6.13. The molecule has 0 fully saturated rings. The minimum absolute atomic E-state index is 0.186. The third-order valence-electron chi connectivity index (χ3n) is 1.09. The Morgan fingerprint density at radius 3 is 2.70 bits per heavy atom. The summed E-state index contributed by atoms with van der Waals surface area (Å²) < 4.78 is 4.49. The smallest absolute Gasteiger partial charge is 0.371 e. The summed E-state index contributed by atoms with van der Waals surface area (Å²) in [7, 11) is 0. The summed E-state index contributed by atoms with van der Waals surface area (Å²) in [6.45, 7) is 2.42. The van der Waals surface area contributed by atoms with Crippen molar-refractivity contribution in [3.63, 3.8) is 0 Å². The van der Waals surface area contributed by atoms with Gasteiger partial charge in [-0.3, -0.25) is 4.79 Å². The molecule has 58 valence electrons. The first-order valence-corrected chi connectivity index (χ1v) is 3.43. The Kier molecular flexibility index (Phi) is 5.72. The SMILES string of the molecule is CCCCCOC(=O)C=O. The summed E-state index contributed by atoms with van der Waals surface area (Å²) >= 11 is 0. The lowest BCUT2D eigenvalue weighted by atomic mass is 10.3. The highest BCUT2D eigenvalue weighted by molar-refractivity contribution is 6.20. The zero-order chi connectivity index (χ0) is 7.82. The van der Waals surface area contributed by atoms with Crippen LogP contribution >= 0.6 is 0 Å². The van der Waals surface area contributed by atoms with Crippen LogP contribution in [0.4, 0.5) is 0 Å². The van der Waals surface area contributed by atoms with Crippen molar-refractivity contribution in [3.05, 3.63) is 0 Å².